The minimum absolute atomic E-state index is 0.0437. The molecule has 7 heteroatoms. The Hall–Kier alpha value is -0.500. The van der Waals surface area contributed by atoms with E-state index in [0.29, 0.717) is 22.3 Å². The third-order valence-electron chi connectivity index (χ3n) is 2.99. The summed E-state index contributed by atoms with van der Waals surface area (Å²) in [6.45, 7) is 0. The maximum Gasteiger partial charge on any atom is 0.224 e. The number of benzene rings is 1. The van der Waals surface area contributed by atoms with E-state index < -0.39 is 11.1 Å². The first-order valence-corrected chi connectivity index (χ1v) is 9.08. The molecule has 2 N–H and O–H groups in total. The van der Waals surface area contributed by atoms with Gasteiger partial charge in [0.2, 0.25) is 5.91 Å². The third-order valence-corrected chi connectivity index (χ3v) is 4.44. The summed E-state index contributed by atoms with van der Waals surface area (Å²) in [6.07, 6.45) is 4.24. The summed E-state index contributed by atoms with van der Waals surface area (Å²) in [5.74, 6) is 0.793. The second-order valence-electron chi connectivity index (χ2n) is 4.73. The van der Waals surface area contributed by atoms with Crippen molar-refractivity contribution < 1.29 is 13.6 Å². The lowest BCUT2D eigenvalue weighted by molar-refractivity contribution is -0.116. The maximum absolute atomic E-state index is 11.7. The van der Waals surface area contributed by atoms with E-state index in [2.05, 4.69) is 30.6 Å². The van der Waals surface area contributed by atoms with Crippen molar-refractivity contribution in [3.8, 4) is 0 Å². The first-order chi connectivity index (χ1) is 10.0. The lowest BCUT2D eigenvalue weighted by Gasteiger charge is -2.09. The molecule has 0 aliphatic rings. The molecule has 0 aliphatic heterocycles. The summed E-state index contributed by atoms with van der Waals surface area (Å²) in [4.78, 5) is 12.1. The van der Waals surface area contributed by atoms with E-state index in [0.717, 1.165) is 31.4 Å². The number of hydrogen-bond acceptors (Lipinski definition) is 4. The molecule has 0 bridgehead atoms. The van der Waals surface area contributed by atoms with Crippen molar-refractivity contribution in [2.75, 3.05) is 11.1 Å². The number of unbranched alkanes of at least 4 members (excludes halogenated alkanes) is 1. The van der Waals surface area contributed by atoms with Crippen molar-refractivity contribution in [3.05, 3.63) is 24.3 Å². The van der Waals surface area contributed by atoms with Gasteiger partial charge in [-0.05, 0) is 49.3 Å². The number of anilines is 1. The van der Waals surface area contributed by atoms with E-state index in [1.54, 1.807) is 12.1 Å². The van der Waals surface area contributed by atoms with Crippen LogP contribution in [0.15, 0.2) is 29.2 Å². The highest BCUT2D eigenvalue weighted by atomic mass is 32.2. The van der Waals surface area contributed by atoms with Gasteiger partial charge in [0.25, 0.3) is 0 Å². The number of carbonyl (C=O) groups is 1. The summed E-state index contributed by atoms with van der Waals surface area (Å²) in [7, 11) is 0. The molecule has 4 nitrogen and oxygen atoms in total. The average Bonchev–Trinajstić information content (AvgIpc) is 2.44. The van der Waals surface area contributed by atoms with Crippen molar-refractivity contribution >= 4 is 47.9 Å². The Morgan fingerprint density at radius 2 is 1.90 bits per heavy atom. The number of rotatable bonds is 9. The highest BCUT2D eigenvalue weighted by Crippen LogP contribution is 2.15. The lowest BCUT2D eigenvalue weighted by Crippen LogP contribution is -2.11. The topological polar surface area (TPSA) is 66.4 Å². The molecular formula is C14H21NO3S3. The highest BCUT2D eigenvalue weighted by molar-refractivity contribution is 7.81. The van der Waals surface area contributed by atoms with Crippen molar-refractivity contribution in [1.82, 2.24) is 0 Å². The average molecular weight is 348 g/mol. The van der Waals surface area contributed by atoms with Gasteiger partial charge in [0.05, 0.1) is 4.90 Å². The minimum Gasteiger partial charge on any atom is -0.326 e. The second kappa shape index (κ2) is 10.3. The van der Waals surface area contributed by atoms with Crippen LogP contribution in [-0.4, -0.2) is 25.7 Å². The van der Waals surface area contributed by atoms with Crippen LogP contribution < -0.4 is 5.32 Å². The van der Waals surface area contributed by atoms with Gasteiger partial charge in [0.15, 0.2) is 11.1 Å². The van der Waals surface area contributed by atoms with Crippen LogP contribution in [0.2, 0.25) is 0 Å². The van der Waals surface area contributed by atoms with Crippen molar-refractivity contribution in [1.29, 1.82) is 0 Å². The largest absolute Gasteiger partial charge is 0.326 e. The summed E-state index contributed by atoms with van der Waals surface area (Å²) in [5.41, 5.74) is 0.636. The molecule has 0 spiro atoms. The number of hydrogen-bond donors (Lipinski definition) is 4. The number of amides is 1. The van der Waals surface area contributed by atoms with Crippen LogP contribution >= 0.6 is 25.3 Å². The molecule has 0 radical (unpaired) electrons. The number of nitrogens with one attached hydrogen (secondary N) is 1. The van der Waals surface area contributed by atoms with Crippen molar-refractivity contribution in [2.24, 2.45) is 0 Å². The Morgan fingerprint density at radius 1 is 1.24 bits per heavy atom. The maximum atomic E-state index is 11.7. The van der Waals surface area contributed by atoms with Gasteiger partial charge in [-0.15, -0.1) is 0 Å². The van der Waals surface area contributed by atoms with E-state index in [4.69, 9.17) is 4.55 Å². The summed E-state index contributed by atoms with van der Waals surface area (Å²) >= 11 is 6.62. The zero-order chi connectivity index (χ0) is 15.7. The van der Waals surface area contributed by atoms with E-state index >= 15 is 0 Å². The van der Waals surface area contributed by atoms with Crippen LogP contribution in [0.4, 0.5) is 5.69 Å². The van der Waals surface area contributed by atoms with E-state index in [1.165, 1.54) is 12.1 Å². The van der Waals surface area contributed by atoms with Crippen LogP contribution in [0.1, 0.15) is 32.1 Å². The SMILES string of the molecule is O=C(CCCC[C@@H](S)CCS)Nc1ccc(S(=O)O)cc1. The van der Waals surface area contributed by atoms with Crippen LogP contribution in [0, 0.1) is 0 Å². The van der Waals surface area contributed by atoms with Crippen LogP contribution in [0.3, 0.4) is 0 Å². The zero-order valence-corrected chi connectivity index (χ0v) is 14.3. The van der Waals surface area contributed by atoms with Gasteiger partial charge in [-0.3, -0.25) is 4.79 Å². The molecule has 0 fully saturated rings. The zero-order valence-electron chi connectivity index (χ0n) is 11.7. The fourth-order valence-electron chi connectivity index (χ4n) is 1.84. The van der Waals surface area contributed by atoms with Crippen molar-refractivity contribution in [2.45, 2.75) is 42.2 Å². The molecule has 0 saturated carbocycles. The molecule has 0 aromatic heterocycles. The van der Waals surface area contributed by atoms with Crippen LogP contribution in [0.25, 0.3) is 0 Å². The molecule has 2 atom stereocenters. The molecule has 0 saturated heterocycles. The predicted molar refractivity (Wildman–Crippen MR) is 93.8 cm³/mol. The van der Waals surface area contributed by atoms with Gasteiger partial charge in [-0.1, -0.05) is 6.42 Å². The van der Waals surface area contributed by atoms with E-state index in [1.807, 2.05) is 0 Å². The molecule has 1 amide bonds. The monoisotopic (exact) mass is 347 g/mol. The highest BCUT2D eigenvalue weighted by Gasteiger charge is 2.06. The molecule has 0 aliphatic carbocycles. The number of carbonyl (C=O) groups excluding carboxylic acids is 1. The summed E-state index contributed by atoms with van der Waals surface area (Å²) < 4.78 is 19.7. The van der Waals surface area contributed by atoms with Gasteiger partial charge in [0.1, 0.15) is 0 Å². The molecule has 0 heterocycles. The molecule has 1 aromatic carbocycles. The number of thiol groups is 2. The first kappa shape index (κ1) is 18.5. The normalized spacial score (nSPS) is 13.7. The summed E-state index contributed by atoms with van der Waals surface area (Å²) in [6, 6.07) is 6.29. The van der Waals surface area contributed by atoms with Crippen LogP contribution in [0.5, 0.6) is 0 Å². The predicted octanol–water partition coefficient (Wildman–Crippen LogP) is 3.38. The Morgan fingerprint density at radius 3 is 2.48 bits per heavy atom. The molecule has 1 aromatic rings. The fourth-order valence-corrected chi connectivity index (χ4v) is 3.03. The Bertz CT molecular complexity index is 465. The van der Waals surface area contributed by atoms with E-state index in [9.17, 15) is 9.00 Å². The van der Waals surface area contributed by atoms with Gasteiger partial charge in [0, 0.05) is 17.4 Å². The third kappa shape index (κ3) is 7.90. The second-order valence-corrected chi connectivity index (χ2v) is 6.88. The summed E-state index contributed by atoms with van der Waals surface area (Å²) in [5, 5.41) is 3.13. The van der Waals surface area contributed by atoms with Gasteiger partial charge in [-0.25, -0.2) is 4.21 Å². The molecular weight excluding hydrogens is 326 g/mol. The standard InChI is InChI=1S/C14H21NO3S3/c16-14(4-2-1-3-12(20)9-10-19)15-11-5-7-13(8-6-11)21(17)18/h5-8,12,19-20H,1-4,9-10H2,(H,15,16)(H,17,18)/t12-/m1/s1. The molecule has 1 unspecified atom stereocenters. The Balaban J connectivity index is 2.26. The van der Waals surface area contributed by atoms with Crippen molar-refractivity contribution in [3.63, 3.8) is 0 Å². The quantitative estimate of drug-likeness (QED) is 0.314. The molecule has 1 rings (SSSR count). The lowest BCUT2D eigenvalue weighted by atomic mass is 10.1. The van der Waals surface area contributed by atoms with Gasteiger partial charge in [-0.2, -0.15) is 25.3 Å². The van der Waals surface area contributed by atoms with Crippen LogP contribution in [-0.2, 0) is 15.9 Å². The van der Waals surface area contributed by atoms with Gasteiger partial charge >= 0.3 is 0 Å². The Kier molecular flexibility index (Phi) is 9.07. The Labute approximate surface area is 139 Å². The van der Waals surface area contributed by atoms with Gasteiger partial charge < -0.3 is 9.87 Å². The van der Waals surface area contributed by atoms with E-state index in [-0.39, 0.29) is 5.91 Å². The molecule has 21 heavy (non-hydrogen) atoms. The smallest absolute Gasteiger partial charge is 0.224 e. The first-order valence-electron chi connectivity index (χ1n) is 6.82. The molecule has 118 valence electrons. The minimum atomic E-state index is -1.99. The fraction of sp³-hybridized carbons (Fsp3) is 0.500.